The van der Waals surface area contributed by atoms with Gasteiger partial charge in [-0.05, 0) is 37.3 Å². The van der Waals surface area contributed by atoms with Crippen molar-refractivity contribution in [1.29, 1.82) is 0 Å². The molecule has 0 radical (unpaired) electrons. The molecule has 0 atom stereocenters. The first-order valence-corrected chi connectivity index (χ1v) is 5.52. The summed E-state index contributed by atoms with van der Waals surface area (Å²) < 4.78 is 4.57. The minimum Gasteiger partial charge on any atom is -0.465 e. The molecule has 2 rings (SSSR count). The molecule has 0 N–H and O–H groups in total. The number of rotatable bonds is 2. The van der Waals surface area contributed by atoms with Crippen molar-refractivity contribution in [3.8, 4) is 0 Å². The number of carbonyl (C=O) groups excluding carboxylic acids is 1. The lowest BCUT2D eigenvalue weighted by Crippen LogP contribution is -2.12. The monoisotopic (exact) mass is 235 g/mol. The molecular formula is C12H13NO4. The van der Waals surface area contributed by atoms with E-state index in [0.717, 1.165) is 24.8 Å². The first-order valence-electron chi connectivity index (χ1n) is 5.52. The zero-order valence-electron chi connectivity index (χ0n) is 9.56. The third-order valence-electron chi connectivity index (χ3n) is 3.09. The molecule has 17 heavy (non-hydrogen) atoms. The number of esters is 1. The highest BCUT2D eigenvalue weighted by atomic mass is 16.6. The Kier molecular flexibility index (Phi) is 3.08. The molecule has 5 nitrogen and oxygen atoms in total. The van der Waals surface area contributed by atoms with Crippen molar-refractivity contribution in [1.82, 2.24) is 0 Å². The molecule has 0 saturated carbocycles. The van der Waals surface area contributed by atoms with Gasteiger partial charge < -0.3 is 4.74 Å². The summed E-state index contributed by atoms with van der Waals surface area (Å²) >= 11 is 0. The van der Waals surface area contributed by atoms with Crippen molar-refractivity contribution < 1.29 is 14.5 Å². The summed E-state index contributed by atoms with van der Waals surface area (Å²) in [6.45, 7) is 0. The third kappa shape index (κ3) is 2.00. The second-order valence-electron chi connectivity index (χ2n) is 4.06. The lowest BCUT2D eigenvalue weighted by atomic mass is 9.88. The summed E-state index contributed by atoms with van der Waals surface area (Å²) in [5.41, 5.74) is 1.66. The number of fused-ring (bicyclic) bond motifs is 1. The lowest BCUT2D eigenvalue weighted by molar-refractivity contribution is -0.386. The lowest BCUT2D eigenvalue weighted by Gasteiger charge is -2.16. The Balaban J connectivity index is 2.61. The highest BCUT2D eigenvalue weighted by Gasteiger charge is 2.28. The van der Waals surface area contributed by atoms with Gasteiger partial charge in [0.1, 0.15) is 5.56 Å². The van der Waals surface area contributed by atoms with Gasteiger partial charge in [0, 0.05) is 5.56 Å². The number of nitro groups is 1. The van der Waals surface area contributed by atoms with Crippen molar-refractivity contribution in [3.63, 3.8) is 0 Å². The second-order valence-corrected chi connectivity index (χ2v) is 4.06. The average Bonchev–Trinajstić information content (AvgIpc) is 2.36. The fraction of sp³-hybridized carbons (Fsp3) is 0.417. The van der Waals surface area contributed by atoms with E-state index in [9.17, 15) is 14.9 Å². The molecule has 0 amide bonds. The van der Waals surface area contributed by atoms with Gasteiger partial charge in [0.25, 0.3) is 5.69 Å². The molecule has 0 fully saturated rings. The Labute approximate surface area is 98.5 Å². The largest absolute Gasteiger partial charge is 0.465 e. The number of carbonyl (C=O) groups is 1. The molecule has 0 saturated heterocycles. The van der Waals surface area contributed by atoms with Crippen molar-refractivity contribution >= 4 is 11.7 Å². The van der Waals surface area contributed by atoms with Crippen LogP contribution in [0.1, 0.15) is 34.3 Å². The SMILES string of the molecule is COC(=O)c1ccc2c(c1[N+](=O)[O-])CCCC2. The van der Waals surface area contributed by atoms with Gasteiger partial charge in [0.05, 0.1) is 12.0 Å². The average molecular weight is 235 g/mol. The van der Waals surface area contributed by atoms with Gasteiger partial charge in [0.2, 0.25) is 0 Å². The number of methoxy groups -OCH3 is 1. The van der Waals surface area contributed by atoms with E-state index in [1.54, 1.807) is 6.07 Å². The van der Waals surface area contributed by atoms with Crippen LogP contribution in [0.25, 0.3) is 0 Å². The van der Waals surface area contributed by atoms with E-state index >= 15 is 0 Å². The number of ether oxygens (including phenoxy) is 1. The van der Waals surface area contributed by atoms with Crippen LogP contribution in [0.2, 0.25) is 0 Å². The van der Waals surface area contributed by atoms with Gasteiger partial charge in [-0.2, -0.15) is 0 Å². The maximum Gasteiger partial charge on any atom is 0.344 e. The summed E-state index contributed by atoms with van der Waals surface area (Å²) in [6, 6.07) is 3.29. The molecule has 1 aromatic rings. The summed E-state index contributed by atoms with van der Waals surface area (Å²) in [5, 5.41) is 11.1. The quantitative estimate of drug-likeness (QED) is 0.448. The van der Waals surface area contributed by atoms with Crippen molar-refractivity contribution in [2.45, 2.75) is 25.7 Å². The molecule has 5 heteroatoms. The van der Waals surface area contributed by atoms with Crippen LogP contribution >= 0.6 is 0 Å². The Morgan fingerprint density at radius 3 is 2.71 bits per heavy atom. The maximum absolute atomic E-state index is 11.5. The highest BCUT2D eigenvalue weighted by molar-refractivity contribution is 5.94. The standard InChI is InChI=1S/C12H13NO4/c1-17-12(14)10-7-6-8-4-2-3-5-9(8)11(10)13(15)16/h6-7H,2-5H2,1H3. The summed E-state index contributed by atoms with van der Waals surface area (Å²) in [4.78, 5) is 22.1. The van der Waals surface area contributed by atoms with Crippen LogP contribution in [-0.2, 0) is 17.6 Å². The molecule has 0 heterocycles. The van der Waals surface area contributed by atoms with E-state index < -0.39 is 10.9 Å². The molecular weight excluding hydrogens is 222 g/mol. The Morgan fingerprint density at radius 1 is 1.35 bits per heavy atom. The van der Waals surface area contributed by atoms with Crippen LogP contribution in [0.5, 0.6) is 0 Å². The van der Waals surface area contributed by atoms with Gasteiger partial charge in [0.15, 0.2) is 0 Å². The number of nitro benzene ring substituents is 1. The predicted octanol–water partition coefficient (Wildman–Crippen LogP) is 2.26. The fourth-order valence-corrected chi connectivity index (χ4v) is 2.29. The minimum atomic E-state index is -0.648. The van der Waals surface area contributed by atoms with Crippen molar-refractivity contribution in [2.24, 2.45) is 0 Å². The van der Waals surface area contributed by atoms with Crippen LogP contribution in [0.4, 0.5) is 5.69 Å². The topological polar surface area (TPSA) is 69.4 Å². The first-order chi connectivity index (χ1) is 8.15. The van der Waals surface area contributed by atoms with Gasteiger partial charge in [-0.25, -0.2) is 4.79 Å². The molecule has 90 valence electrons. The van der Waals surface area contributed by atoms with Crippen LogP contribution in [0.3, 0.4) is 0 Å². The maximum atomic E-state index is 11.5. The summed E-state index contributed by atoms with van der Waals surface area (Å²) in [6.07, 6.45) is 3.48. The van der Waals surface area contributed by atoms with Gasteiger partial charge >= 0.3 is 5.97 Å². The smallest absolute Gasteiger partial charge is 0.344 e. The molecule has 1 aliphatic carbocycles. The molecule has 0 spiro atoms. The number of aryl methyl sites for hydroxylation is 1. The molecule has 0 unspecified atom stereocenters. The number of benzene rings is 1. The molecule has 0 aromatic heterocycles. The molecule has 0 bridgehead atoms. The van der Waals surface area contributed by atoms with E-state index in [-0.39, 0.29) is 11.3 Å². The fourth-order valence-electron chi connectivity index (χ4n) is 2.29. The van der Waals surface area contributed by atoms with Gasteiger partial charge in [-0.1, -0.05) is 6.07 Å². The van der Waals surface area contributed by atoms with E-state index in [1.165, 1.54) is 13.2 Å². The van der Waals surface area contributed by atoms with E-state index in [0.29, 0.717) is 12.0 Å². The first kappa shape index (κ1) is 11.6. The Morgan fingerprint density at radius 2 is 2.06 bits per heavy atom. The zero-order valence-corrected chi connectivity index (χ0v) is 9.56. The van der Waals surface area contributed by atoms with Crippen LogP contribution in [-0.4, -0.2) is 18.0 Å². The van der Waals surface area contributed by atoms with Gasteiger partial charge in [-0.15, -0.1) is 0 Å². The highest BCUT2D eigenvalue weighted by Crippen LogP contribution is 2.32. The zero-order chi connectivity index (χ0) is 12.4. The van der Waals surface area contributed by atoms with Gasteiger partial charge in [-0.3, -0.25) is 10.1 Å². The predicted molar refractivity (Wildman–Crippen MR) is 61.1 cm³/mol. The minimum absolute atomic E-state index is 0.0538. The molecule has 1 aromatic carbocycles. The Bertz CT molecular complexity index is 482. The summed E-state index contributed by atoms with van der Waals surface area (Å²) in [7, 11) is 1.23. The van der Waals surface area contributed by atoms with Crippen LogP contribution in [0.15, 0.2) is 12.1 Å². The Hall–Kier alpha value is -1.91. The summed E-state index contributed by atoms with van der Waals surface area (Å²) in [5.74, 6) is -0.648. The van der Waals surface area contributed by atoms with Crippen LogP contribution in [0, 0.1) is 10.1 Å². The third-order valence-corrected chi connectivity index (χ3v) is 3.09. The second kappa shape index (κ2) is 4.53. The molecule has 0 aliphatic heterocycles. The van der Waals surface area contributed by atoms with Crippen LogP contribution < -0.4 is 0 Å². The van der Waals surface area contributed by atoms with E-state index in [4.69, 9.17) is 0 Å². The number of nitrogens with zero attached hydrogens (tertiary/aromatic N) is 1. The van der Waals surface area contributed by atoms with E-state index in [2.05, 4.69) is 4.74 Å². The van der Waals surface area contributed by atoms with Crippen molar-refractivity contribution in [3.05, 3.63) is 38.9 Å². The van der Waals surface area contributed by atoms with E-state index in [1.807, 2.05) is 0 Å². The number of hydrogen-bond donors (Lipinski definition) is 0. The molecule has 1 aliphatic rings. The normalized spacial score (nSPS) is 13.9. The number of hydrogen-bond acceptors (Lipinski definition) is 4. The van der Waals surface area contributed by atoms with Crippen molar-refractivity contribution in [2.75, 3.05) is 7.11 Å².